The molecule has 5 nitrogen and oxygen atoms in total. The topological polar surface area (TPSA) is 89.8 Å². The molecule has 0 aliphatic carbocycles. The molecule has 0 atom stereocenters. The van der Waals surface area contributed by atoms with Gasteiger partial charge in [-0.2, -0.15) is 0 Å². The van der Waals surface area contributed by atoms with Gasteiger partial charge in [0.2, 0.25) is 0 Å². The Hall–Kier alpha value is -1.43. The second-order valence-corrected chi connectivity index (χ2v) is 4.08. The molecule has 0 saturated heterocycles. The molecule has 0 radical (unpaired) electrons. The number of benzene rings is 1. The molecule has 0 fully saturated rings. The molecule has 0 saturated carbocycles. The molecule has 94 valence electrons. The van der Waals surface area contributed by atoms with E-state index in [1.807, 2.05) is 13.0 Å². The van der Waals surface area contributed by atoms with Gasteiger partial charge in [0.15, 0.2) is 0 Å². The van der Waals surface area contributed by atoms with Gasteiger partial charge in [-0.3, -0.25) is 4.79 Å². The van der Waals surface area contributed by atoms with Crippen molar-refractivity contribution in [1.82, 2.24) is 5.32 Å². The maximum absolute atomic E-state index is 11.8. The highest BCUT2D eigenvalue weighted by atomic mass is 16.3. The zero-order chi connectivity index (χ0) is 12.9. The summed E-state index contributed by atoms with van der Waals surface area (Å²) in [4.78, 5) is 11.8. The van der Waals surface area contributed by atoms with Crippen LogP contribution in [0.4, 0.5) is 0 Å². The Kier molecular flexibility index (Phi) is 4.62. The second-order valence-electron chi connectivity index (χ2n) is 4.08. The van der Waals surface area contributed by atoms with Crippen LogP contribution in [0.3, 0.4) is 0 Å². The third-order valence-electron chi connectivity index (χ3n) is 2.57. The Morgan fingerprint density at radius 1 is 1.24 bits per heavy atom. The van der Waals surface area contributed by atoms with Crippen LogP contribution in [0.1, 0.15) is 15.9 Å². The summed E-state index contributed by atoms with van der Waals surface area (Å²) in [5.74, 6) is -0.439. The largest absolute Gasteiger partial charge is 0.394 e. The van der Waals surface area contributed by atoms with Crippen molar-refractivity contribution in [1.29, 1.82) is 0 Å². The highest BCUT2D eigenvalue weighted by Crippen LogP contribution is 2.07. The van der Waals surface area contributed by atoms with E-state index in [0.29, 0.717) is 5.56 Å². The lowest BCUT2D eigenvalue weighted by Gasteiger charge is -2.28. The molecule has 17 heavy (non-hydrogen) atoms. The normalized spacial score (nSPS) is 11.3. The van der Waals surface area contributed by atoms with Crippen LogP contribution in [0.2, 0.25) is 0 Å². The number of hydrogen-bond donors (Lipinski definition) is 4. The van der Waals surface area contributed by atoms with Crippen molar-refractivity contribution in [3.63, 3.8) is 0 Å². The quantitative estimate of drug-likeness (QED) is 0.554. The summed E-state index contributed by atoms with van der Waals surface area (Å²) >= 11 is 0. The van der Waals surface area contributed by atoms with Crippen molar-refractivity contribution < 1.29 is 20.1 Å². The van der Waals surface area contributed by atoms with E-state index in [4.69, 9.17) is 15.3 Å². The van der Waals surface area contributed by atoms with Crippen molar-refractivity contribution >= 4 is 5.91 Å². The van der Waals surface area contributed by atoms with Crippen LogP contribution in [0.15, 0.2) is 24.3 Å². The fraction of sp³-hybridized carbons (Fsp3) is 0.417. The fourth-order valence-corrected chi connectivity index (χ4v) is 1.37. The summed E-state index contributed by atoms with van der Waals surface area (Å²) < 4.78 is 0. The average molecular weight is 239 g/mol. The minimum Gasteiger partial charge on any atom is -0.394 e. The first-order valence-corrected chi connectivity index (χ1v) is 5.28. The van der Waals surface area contributed by atoms with Gasteiger partial charge in [0.25, 0.3) is 5.91 Å². The zero-order valence-electron chi connectivity index (χ0n) is 9.68. The predicted octanol–water partition coefficient (Wildman–Crippen LogP) is -0.559. The van der Waals surface area contributed by atoms with Gasteiger partial charge >= 0.3 is 0 Å². The first-order valence-electron chi connectivity index (χ1n) is 5.28. The second kappa shape index (κ2) is 5.77. The molecule has 1 aromatic rings. The number of aliphatic hydroxyl groups excluding tert-OH is 3. The van der Waals surface area contributed by atoms with E-state index >= 15 is 0 Å². The van der Waals surface area contributed by atoms with E-state index in [9.17, 15) is 4.79 Å². The third-order valence-corrected chi connectivity index (χ3v) is 2.57. The molecule has 4 N–H and O–H groups in total. The standard InChI is InChI=1S/C12H17NO4/c1-9-3-2-4-10(5-9)11(17)13-12(6-14,7-15)8-16/h2-5,14-16H,6-8H2,1H3,(H,13,17). The van der Waals surface area contributed by atoms with Crippen LogP contribution in [-0.2, 0) is 0 Å². The van der Waals surface area contributed by atoms with Crippen LogP contribution in [0.5, 0.6) is 0 Å². The van der Waals surface area contributed by atoms with Crippen molar-refractivity contribution in [3.8, 4) is 0 Å². The Morgan fingerprint density at radius 3 is 2.29 bits per heavy atom. The number of aliphatic hydroxyl groups is 3. The maximum Gasteiger partial charge on any atom is 0.251 e. The molecule has 0 aliphatic rings. The van der Waals surface area contributed by atoms with Gasteiger partial charge in [0.05, 0.1) is 19.8 Å². The highest BCUT2D eigenvalue weighted by Gasteiger charge is 2.30. The zero-order valence-corrected chi connectivity index (χ0v) is 9.68. The maximum atomic E-state index is 11.8. The van der Waals surface area contributed by atoms with E-state index in [-0.39, 0.29) is 0 Å². The minimum absolute atomic E-state index is 0.421. The van der Waals surface area contributed by atoms with E-state index in [2.05, 4.69) is 5.32 Å². The summed E-state index contributed by atoms with van der Waals surface area (Å²) in [7, 11) is 0. The van der Waals surface area contributed by atoms with Gasteiger partial charge in [-0.25, -0.2) is 0 Å². The predicted molar refractivity (Wildman–Crippen MR) is 62.6 cm³/mol. The lowest BCUT2D eigenvalue weighted by molar-refractivity contribution is 0.0375. The van der Waals surface area contributed by atoms with Crippen molar-refractivity contribution in [3.05, 3.63) is 35.4 Å². The summed E-state index contributed by atoms with van der Waals surface area (Å²) in [5.41, 5.74) is -0.0362. The van der Waals surface area contributed by atoms with Crippen LogP contribution in [0.25, 0.3) is 0 Å². The van der Waals surface area contributed by atoms with E-state index < -0.39 is 31.3 Å². The molecule has 5 heteroatoms. The summed E-state index contributed by atoms with van der Waals surface area (Å²) in [6.45, 7) is 0.265. The van der Waals surface area contributed by atoms with E-state index in [1.54, 1.807) is 18.2 Å². The molecule has 0 bridgehead atoms. The number of carbonyl (C=O) groups is 1. The van der Waals surface area contributed by atoms with Crippen molar-refractivity contribution in [2.45, 2.75) is 12.5 Å². The monoisotopic (exact) mass is 239 g/mol. The lowest BCUT2D eigenvalue weighted by atomic mass is 10.0. The molecular formula is C12H17NO4. The van der Waals surface area contributed by atoms with Crippen LogP contribution >= 0.6 is 0 Å². The Morgan fingerprint density at radius 2 is 1.82 bits per heavy atom. The SMILES string of the molecule is Cc1cccc(C(=O)NC(CO)(CO)CO)c1. The Balaban J connectivity index is 2.84. The molecule has 0 heterocycles. The number of aryl methyl sites for hydroxylation is 1. The van der Waals surface area contributed by atoms with Gasteiger partial charge in [0, 0.05) is 5.56 Å². The number of rotatable bonds is 5. The minimum atomic E-state index is -1.39. The smallest absolute Gasteiger partial charge is 0.251 e. The molecule has 1 amide bonds. The lowest BCUT2D eigenvalue weighted by Crippen LogP contribution is -2.57. The first-order chi connectivity index (χ1) is 8.06. The molecule has 1 aromatic carbocycles. The summed E-state index contributed by atoms with van der Waals surface area (Å²) in [6, 6.07) is 6.91. The Bertz CT molecular complexity index is 380. The number of nitrogens with one attached hydrogen (secondary N) is 1. The highest BCUT2D eigenvalue weighted by molar-refractivity contribution is 5.94. The fourth-order valence-electron chi connectivity index (χ4n) is 1.37. The molecule has 0 spiro atoms. The number of amides is 1. The summed E-state index contributed by atoms with van der Waals surface area (Å²) in [5, 5.41) is 29.7. The number of carbonyl (C=O) groups excluding carboxylic acids is 1. The number of hydrogen-bond acceptors (Lipinski definition) is 4. The molecule has 0 unspecified atom stereocenters. The van der Waals surface area contributed by atoms with Crippen molar-refractivity contribution in [2.24, 2.45) is 0 Å². The first kappa shape index (κ1) is 13.6. The average Bonchev–Trinajstić information content (AvgIpc) is 2.36. The third kappa shape index (κ3) is 3.26. The van der Waals surface area contributed by atoms with Gasteiger partial charge in [-0.15, -0.1) is 0 Å². The van der Waals surface area contributed by atoms with Gasteiger partial charge in [0.1, 0.15) is 5.54 Å². The Labute approximate surface area is 99.7 Å². The molecule has 0 aromatic heterocycles. The van der Waals surface area contributed by atoms with Crippen LogP contribution in [-0.4, -0.2) is 46.6 Å². The van der Waals surface area contributed by atoms with E-state index in [0.717, 1.165) is 5.56 Å². The summed E-state index contributed by atoms with van der Waals surface area (Å²) in [6.07, 6.45) is 0. The van der Waals surface area contributed by atoms with Crippen molar-refractivity contribution in [2.75, 3.05) is 19.8 Å². The van der Waals surface area contributed by atoms with E-state index in [1.165, 1.54) is 0 Å². The van der Waals surface area contributed by atoms with Gasteiger partial charge in [-0.1, -0.05) is 17.7 Å². The van der Waals surface area contributed by atoms with Gasteiger partial charge < -0.3 is 20.6 Å². The van der Waals surface area contributed by atoms with Gasteiger partial charge in [-0.05, 0) is 19.1 Å². The van der Waals surface area contributed by atoms with Crippen LogP contribution in [0, 0.1) is 6.92 Å². The molecular weight excluding hydrogens is 222 g/mol. The van der Waals surface area contributed by atoms with Crippen LogP contribution < -0.4 is 5.32 Å². The molecule has 1 rings (SSSR count). The molecule has 0 aliphatic heterocycles.